The van der Waals surface area contributed by atoms with Gasteiger partial charge in [-0.3, -0.25) is 0 Å². The third kappa shape index (κ3) is 2.89. The molecule has 0 unspecified atom stereocenters. The summed E-state index contributed by atoms with van der Waals surface area (Å²) in [5.74, 6) is 0.892. The van der Waals surface area contributed by atoms with E-state index in [2.05, 4.69) is 15.3 Å². The normalized spacial score (nSPS) is 26.3. The van der Waals surface area contributed by atoms with E-state index in [4.69, 9.17) is 0 Å². The van der Waals surface area contributed by atoms with Gasteiger partial charge in [0.1, 0.15) is 12.1 Å². The van der Waals surface area contributed by atoms with E-state index in [1.807, 2.05) is 13.0 Å². The lowest BCUT2D eigenvalue weighted by molar-refractivity contribution is 0.126. The molecule has 0 amide bonds. The number of nitrogens with zero attached hydrogens (tertiary/aromatic N) is 2. The van der Waals surface area contributed by atoms with Gasteiger partial charge < -0.3 is 10.4 Å². The molecule has 0 aliphatic heterocycles. The number of aliphatic hydroxyl groups is 1. The summed E-state index contributed by atoms with van der Waals surface area (Å²) in [6.45, 7) is 1.96. The summed E-state index contributed by atoms with van der Waals surface area (Å²) in [5.41, 5.74) is 0.975. The number of aromatic nitrogens is 2. The van der Waals surface area contributed by atoms with Crippen molar-refractivity contribution in [2.45, 2.75) is 44.8 Å². The molecule has 0 atom stereocenters. The summed E-state index contributed by atoms with van der Waals surface area (Å²) in [6, 6.07) is 2.40. The molecule has 0 bridgehead atoms. The van der Waals surface area contributed by atoms with Gasteiger partial charge >= 0.3 is 0 Å². The fourth-order valence-electron chi connectivity index (χ4n) is 1.96. The number of rotatable bonds is 2. The molecule has 82 valence electrons. The summed E-state index contributed by atoms with van der Waals surface area (Å²) < 4.78 is 0. The molecule has 1 aliphatic rings. The Bertz CT molecular complexity index is 321. The first-order valence-electron chi connectivity index (χ1n) is 5.47. The summed E-state index contributed by atoms with van der Waals surface area (Å²) >= 11 is 0. The van der Waals surface area contributed by atoms with Crippen LogP contribution in [0.15, 0.2) is 12.4 Å². The first-order chi connectivity index (χ1) is 7.24. The average molecular weight is 207 g/mol. The Hall–Kier alpha value is -1.16. The number of aliphatic hydroxyl groups excluding tert-OH is 1. The highest BCUT2D eigenvalue weighted by atomic mass is 16.3. The second-order valence-electron chi connectivity index (χ2n) is 4.19. The minimum atomic E-state index is -0.102. The number of hydrogen-bond donors (Lipinski definition) is 2. The highest BCUT2D eigenvalue weighted by Crippen LogP contribution is 2.21. The van der Waals surface area contributed by atoms with E-state index < -0.39 is 0 Å². The number of anilines is 1. The maximum atomic E-state index is 9.38. The van der Waals surface area contributed by atoms with E-state index in [1.165, 1.54) is 0 Å². The maximum absolute atomic E-state index is 9.38. The van der Waals surface area contributed by atoms with E-state index in [9.17, 15) is 5.11 Å². The molecule has 15 heavy (non-hydrogen) atoms. The number of aryl methyl sites for hydroxylation is 1. The highest BCUT2D eigenvalue weighted by molar-refractivity contribution is 5.35. The Balaban J connectivity index is 1.92. The quantitative estimate of drug-likeness (QED) is 0.771. The predicted molar refractivity (Wildman–Crippen MR) is 58.7 cm³/mol. The molecule has 2 rings (SSSR count). The first-order valence-corrected chi connectivity index (χ1v) is 5.47. The van der Waals surface area contributed by atoms with Crippen LogP contribution < -0.4 is 5.32 Å². The van der Waals surface area contributed by atoms with Crippen molar-refractivity contribution in [3.8, 4) is 0 Å². The monoisotopic (exact) mass is 207 g/mol. The van der Waals surface area contributed by atoms with Crippen molar-refractivity contribution in [1.29, 1.82) is 0 Å². The molecule has 2 N–H and O–H groups in total. The molecule has 1 aliphatic carbocycles. The molecule has 0 aromatic carbocycles. The molecule has 1 saturated carbocycles. The van der Waals surface area contributed by atoms with E-state index in [-0.39, 0.29) is 6.10 Å². The van der Waals surface area contributed by atoms with E-state index in [0.29, 0.717) is 6.04 Å². The third-order valence-corrected chi connectivity index (χ3v) is 2.85. The van der Waals surface area contributed by atoms with Crippen LogP contribution in [0.4, 0.5) is 5.82 Å². The second kappa shape index (κ2) is 4.57. The maximum Gasteiger partial charge on any atom is 0.129 e. The van der Waals surface area contributed by atoms with Gasteiger partial charge in [-0.1, -0.05) is 0 Å². The fraction of sp³-hybridized carbons (Fsp3) is 0.636. The van der Waals surface area contributed by atoms with Crippen LogP contribution in [0.2, 0.25) is 0 Å². The summed E-state index contributed by atoms with van der Waals surface area (Å²) in [6.07, 6.45) is 5.29. The topological polar surface area (TPSA) is 58.0 Å². The zero-order chi connectivity index (χ0) is 10.7. The van der Waals surface area contributed by atoms with Gasteiger partial charge in [0.25, 0.3) is 0 Å². The highest BCUT2D eigenvalue weighted by Gasteiger charge is 2.19. The molecule has 4 nitrogen and oxygen atoms in total. The van der Waals surface area contributed by atoms with Crippen molar-refractivity contribution in [1.82, 2.24) is 9.97 Å². The van der Waals surface area contributed by atoms with Gasteiger partial charge in [-0.15, -0.1) is 0 Å². The Morgan fingerprint density at radius 2 is 2.00 bits per heavy atom. The Morgan fingerprint density at radius 3 is 2.67 bits per heavy atom. The zero-order valence-corrected chi connectivity index (χ0v) is 8.98. The largest absolute Gasteiger partial charge is 0.393 e. The van der Waals surface area contributed by atoms with E-state index in [1.54, 1.807) is 6.33 Å². The minimum Gasteiger partial charge on any atom is -0.393 e. The Morgan fingerprint density at radius 1 is 1.27 bits per heavy atom. The molecule has 0 spiro atoms. The second-order valence-corrected chi connectivity index (χ2v) is 4.19. The van der Waals surface area contributed by atoms with E-state index >= 15 is 0 Å². The van der Waals surface area contributed by atoms with Crippen molar-refractivity contribution in [3.05, 3.63) is 18.1 Å². The standard InChI is InChI=1S/C11H17N3O/c1-8-6-11(13-7-12-8)14-9-2-4-10(15)5-3-9/h6-7,9-10,15H,2-5H2,1H3,(H,12,13,14). The number of nitrogens with one attached hydrogen (secondary N) is 1. The Labute approximate surface area is 89.8 Å². The number of hydrogen-bond acceptors (Lipinski definition) is 4. The molecule has 1 aromatic rings. The lowest BCUT2D eigenvalue weighted by atomic mass is 9.93. The van der Waals surface area contributed by atoms with Gasteiger partial charge in [0.2, 0.25) is 0 Å². The predicted octanol–water partition coefficient (Wildman–Crippen LogP) is 1.50. The van der Waals surface area contributed by atoms with Crippen molar-refractivity contribution in [3.63, 3.8) is 0 Å². The minimum absolute atomic E-state index is 0.102. The van der Waals surface area contributed by atoms with Crippen LogP contribution in [-0.4, -0.2) is 27.2 Å². The van der Waals surface area contributed by atoms with Crippen molar-refractivity contribution in [2.75, 3.05) is 5.32 Å². The molecule has 1 aromatic heterocycles. The smallest absolute Gasteiger partial charge is 0.129 e. The molecule has 0 radical (unpaired) electrons. The fourth-order valence-corrected chi connectivity index (χ4v) is 1.96. The molecular formula is C11H17N3O. The van der Waals surface area contributed by atoms with Gasteiger partial charge in [-0.25, -0.2) is 9.97 Å². The van der Waals surface area contributed by atoms with Crippen LogP contribution in [0.5, 0.6) is 0 Å². The van der Waals surface area contributed by atoms with Crippen LogP contribution >= 0.6 is 0 Å². The lowest BCUT2D eigenvalue weighted by Crippen LogP contribution is -2.28. The van der Waals surface area contributed by atoms with Crippen LogP contribution in [0, 0.1) is 6.92 Å². The van der Waals surface area contributed by atoms with Gasteiger partial charge in [-0.05, 0) is 32.6 Å². The summed E-state index contributed by atoms with van der Waals surface area (Å²) in [4.78, 5) is 8.22. The molecule has 1 heterocycles. The van der Waals surface area contributed by atoms with Gasteiger partial charge in [0.15, 0.2) is 0 Å². The lowest BCUT2D eigenvalue weighted by Gasteiger charge is -2.26. The van der Waals surface area contributed by atoms with Crippen LogP contribution in [0.3, 0.4) is 0 Å². The van der Waals surface area contributed by atoms with Crippen molar-refractivity contribution < 1.29 is 5.11 Å². The SMILES string of the molecule is Cc1cc(NC2CCC(O)CC2)ncn1. The van der Waals surface area contributed by atoms with Gasteiger partial charge in [-0.2, -0.15) is 0 Å². The summed E-state index contributed by atoms with van der Waals surface area (Å²) in [7, 11) is 0. The molecule has 4 heteroatoms. The molecule has 0 saturated heterocycles. The van der Waals surface area contributed by atoms with Crippen molar-refractivity contribution >= 4 is 5.82 Å². The van der Waals surface area contributed by atoms with Crippen LogP contribution in [0.1, 0.15) is 31.4 Å². The first kappa shape index (κ1) is 10.4. The zero-order valence-electron chi connectivity index (χ0n) is 8.98. The molecule has 1 fully saturated rings. The Kier molecular flexibility index (Phi) is 3.16. The average Bonchev–Trinajstić information content (AvgIpc) is 2.22. The van der Waals surface area contributed by atoms with Crippen LogP contribution in [-0.2, 0) is 0 Å². The molecular weight excluding hydrogens is 190 g/mol. The van der Waals surface area contributed by atoms with Gasteiger partial charge in [0.05, 0.1) is 6.10 Å². The van der Waals surface area contributed by atoms with E-state index in [0.717, 1.165) is 37.2 Å². The summed E-state index contributed by atoms with van der Waals surface area (Å²) in [5, 5.41) is 12.8. The van der Waals surface area contributed by atoms with Crippen LogP contribution in [0.25, 0.3) is 0 Å². The van der Waals surface area contributed by atoms with Crippen molar-refractivity contribution in [2.24, 2.45) is 0 Å². The van der Waals surface area contributed by atoms with Gasteiger partial charge in [0, 0.05) is 17.8 Å². The third-order valence-electron chi connectivity index (χ3n) is 2.85.